The molecule has 5 rings (SSSR count). The molecule has 2 aromatic heterocycles. The van der Waals surface area contributed by atoms with E-state index in [0.717, 1.165) is 22.7 Å². The van der Waals surface area contributed by atoms with Crippen LogP contribution in [-0.2, 0) is 13.1 Å². The van der Waals surface area contributed by atoms with Crippen LogP contribution in [0.25, 0.3) is 0 Å². The fourth-order valence-corrected chi connectivity index (χ4v) is 3.80. The maximum Gasteiger partial charge on any atom is 0.253 e. The van der Waals surface area contributed by atoms with Crippen LogP contribution in [0, 0.1) is 5.41 Å². The van der Waals surface area contributed by atoms with E-state index in [1.54, 1.807) is 16.9 Å². The summed E-state index contributed by atoms with van der Waals surface area (Å²) in [6.45, 7) is 1.08. The van der Waals surface area contributed by atoms with E-state index in [0.29, 0.717) is 18.9 Å². The number of allylic oxidation sites excluding steroid dienone is 2. The normalized spacial score (nSPS) is 23.2. The number of hydrogen-bond acceptors (Lipinski definition) is 4. The molecule has 0 spiro atoms. The molecule has 0 saturated carbocycles. The predicted molar refractivity (Wildman–Crippen MR) is 90.2 cm³/mol. The van der Waals surface area contributed by atoms with Gasteiger partial charge in [-0.25, -0.2) is 0 Å². The highest BCUT2D eigenvalue weighted by atomic mass is 16.3. The van der Waals surface area contributed by atoms with Crippen LogP contribution in [0.15, 0.2) is 58.0 Å². The fraction of sp³-hybridized carbons (Fsp3) is 0.222. The Morgan fingerprint density at radius 2 is 2.21 bits per heavy atom. The Labute approximate surface area is 138 Å². The van der Waals surface area contributed by atoms with Gasteiger partial charge in [0, 0.05) is 12.6 Å². The van der Waals surface area contributed by atoms with Gasteiger partial charge in [-0.1, -0.05) is 24.3 Å². The summed E-state index contributed by atoms with van der Waals surface area (Å²) in [5.74, 6) is 2.01. The number of nitrogens with one attached hydrogen (secondary N) is 2. The van der Waals surface area contributed by atoms with Gasteiger partial charge < -0.3 is 14.6 Å². The molecule has 1 aliphatic carbocycles. The monoisotopic (exact) mass is 320 g/mol. The smallest absolute Gasteiger partial charge is 0.253 e. The highest BCUT2D eigenvalue weighted by Crippen LogP contribution is 2.37. The van der Waals surface area contributed by atoms with Gasteiger partial charge in [0.1, 0.15) is 17.4 Å². The SMILES string of the molecule is N=C1c2c(cc(=O)n3c2N[C@@H]2C=CC=C[C@H]23)CN1Cc1ccco1. The van der Waals surface area contributed by atoms with Gasteiger partial charge in [0.25, 0.3) is 5.56 Å². The number of furan rings is 1. The first-order chi connectivity index (χ1) is 11.7. The average Bonchev–Trinajstić information content (AvgIpc) is 3.26. The molecule has 24 heavy (non-hydrogen) atoms. The molecular formula is C18H16N4O2. The first-order valence-electron chi connectivity index (χ1n) is 7.98. The van der Waals surface area contributed by atoms with Gasteiger partial charge in [-0.15, -0.1) is 0 Å². The number of fused-ring (bicyclic) bond motifs is 5. The first kappa shape index (κ1) is 13.4. The molecule has 0 fully saturated rings. The maximum absolute atomic E-state index is 12.6. The zero-order valence-electron chi connectivity index (χ0n) is 12.9. The fourth-order valence-electron chi connectivity index (χ4n) is 3.80. The lowest BCUT2D eigenvalue weighted by Crippen LogP contribution is -2.26. The Kier molecular flexibility index (Phi) is 2.65. The quantitative estimate of drug-likeness (QED) is 0.890. The molecule has 2 atom stereocenters. The van der Waals surface area contributed by atoms with E-state index in [4.69, 9.17) is 9.83 Å². The van der Waals surface area contributed by atoms with Crippen molar-refractivity contribution in [3.8, 4) is 0 Å². The summed E-state index contributed by atoms with van der Waals surface area (Å²) < 4.78 is 7.17. The van der Waals surface area contributed by atoms with Gasteiger partial charge in [-0.3, -0.25) is 14.8 Å². The third-order valence-corrected chi connectivity index (χ3v) is 4.88. The summed E-state index contributed by atoms with van der Waals surface area (Å²) in [4.78, 5) is 14.5. The second kappa shape index (κ2) is 4.74. The molecule has 0 bridgehead atoms. The molecule has 3 aliphatic rings. The van der Waals surface area contributed by atoms with Crippen molar-refractivity contribution in [3.63, 3.8) is 0 Å². The molecule has 0 aromatic carbocycles. The zero-order chi connectivity index (χ0) is 16.3. The van der Waals surface area contributed by atoms with E-state index < -0.39 is 0 Å². The zero-order valence-corrected chi connectivity index (χ0v) is 12.9. The van der Waals surface area contributed by atoms with Gasteiger partial charge in [0.05, 0.1) is 30.5 Å². The van der Waals surface area contributed by atoms with Gasteiger partial charge in [-0.05, 0) is 17.7 Å². The molecule has 6 heteroatoms. The topological polar surface area (TPSA) is 74.3 Å². The number of rotatable bonds is 2. The van der Waals surface area contributed by atoms with Gasteiger partial charge in [0.15, 0.2) is 0 Å². The van der Waals surface area contributed by atoms with E-state index in [2.05, 4.69) is 11.4 Å². The van der Waals surface area contributed by atoms with E-state index in [1.807, 2.05) is 35.3 Å². The minimum absolute atomic E-state index is 0.0173. The molecule has 2 aromatic rings. The van der Waals surface area contributed by atoms with E-state index >= 15 is 0 Å². The molecule has 2 aliphatic heterocycles. The molecule has 0 unspecified atom stereocenters. The van der Waals surface area contributed by atoms with Crippen molar-refractivity contribution in [1.82, 2.24) is 9.47 Å². The number of anilines is 1. The van der Waals surface area contributed by atoms with Crippen molar-refractivity contribution in [2.45, 2.75) is 25.2 Å². The first-order valence-corrected chi connectivity index (χ1v) is 7.98. The van der Waals surface area contributed by atoms with Gasteiger partial charge in [-0.2, -0.15) is 0 Å². The Morgan fingerprint density at radius 1 is 1.33 bits per heavy atom. The lowest BCUT2D eigenvalue weighted by Gasteiger charge is -2.16. The summed E-state index contributed by atoms with van der Waals surface area (Å²) in [6.07, 6.45) is 9.67. The van der Waals surface area contributed by atoms with Crippen LogP contribution >= 0.6 is 0 Å². The van der Waals surface area contributed by atoms with Crippen LogP contribution in [0.1, 0.15) is 22.9 Å². The highest BCUT2D eigenvalue weighted by molar-refractivity contribution is 6.04. The van der Waals surface area contributed by atoms with Gasteiger partial charge in [0.2, 0.25) is 0 Å². The summed E-state index contributed by atoms with van der Waals surface area (Å²) >= 11 is 0. The van der Waals surface area contributed by atoms with Crippen molar-refractivity contribution in [3.05, 3.63) is 76.0 Å². The minimum Gasteiger partial charge on any atom is -0.467 e. The van der Waals surface area contributed by atoms with Crippen LogP contribution in [0.3, 0.4) is 0 Å². The number of aromatic nitrogens is 1. The Hall–Kier alpha value is -3.02. The highest BCUT2D eigenvalue weighted by Gasteiger charge is 2.37. The maximum atomic E-state index is 12.6. The predicted octanol–water partition coefficient (Wildman–Crippen LogP) is 2.24. The van der Waals surface area contributed by atoms with Crippen LogP contribution < -0.4 is 10.9 Å². The van der Waals surface area contributed by atoms with Crippen LogP contribution in [0.4, 0.5) is 5.82 Å². The number of amidine groups is 1. The Balaban J connectivity index is 1.58. The summed E-state index contributed by atoms with van der Waals surface area (Å²) in [6, 6.07) is 5.47. The lowest BCUT2D eigenvalue weighted by molar-refractivity contribution is 0.366. The number of hydrogen-bond donors (Lipinski definition) is 2. The molecule has 6 nitrogen and oxygen atoms in total. The van der Waals surface area contributed by atoms with Crippen molar-refractivity contribution >= 4 is 11.7 Å². The summed E-state index contributed by atoms with van der Waals surface area (Å²) in [7, 11) is 0. The second-order valence-corrected chi connectivity index (χ2v) is 6.32. The Bertz CT molecular complexity index is 952. The van der Waals surface area contributed by atoms with Crippen molar-refractivity contribution < 1.29 is 4.42 Å². The average molecular weight is 320 g/mol. The summed E-state index contributed by atoms with van der Waals surface area (Å²) in [5, 5.41) is 12.0. The minimum atomic E-state index is -0.0188. The van der Waals surface area contributed by atoms with Crippen molar-refractivity contribution in [2.75, 3.05) is 5.32 Å². The largest absolute Gasteiger partial charge is 0.467 e. The second-order valence-electron chi connectivity index (χ2n) is 6.32. The van der Waals surface area contributed by atoms with Crippen molar-refractivity contribution in [2.24, 2.45) is 0 Å². The summed E-state index contributed by atoms with van der Waals surface area (Å²) in [5.41, 5.74) is 1.72. The molecular weight excluding hydrogens is 304 g/mol. The molecule has 0 radical (unpaired) electrons. The molecule has 120 valence electrons. The van der Waals surface area contributed by atoms with Crippen molar-refractivity contribution in [1.29, 1.82) is 5.41 Å². The van der Waals surface area contributed by atoms with E-state index in [-0.39, 0.29) is 17.6 Å². The molecule has 0 amide bonds. The van der Waals surface area contributed by atoms with Gasteiger partial charge >= 0.3 is 0 Å². The molecule has 4 heterocycles. The standard InChI is InChI=1S/C18H16N4O2/c19-17-16-11(9-21(17)10-12-4-3-7-24-12)8-15(23)22-14-6-2-1-5-13(14)20-18(16)22/h1-8,13-14,19-20H,9-10H2/t13-,14-/m1/s1. The van der Waals surface area contributed by atoms with Crippen LogP contribution in [-0.4, -0.2) is 21.3 Å². The number of nitrogens with zero attached hydrogens (tertiary/aromatic N) is 2. The number of pyridine rings is 1. The van der Waals surface area contributed by atoms with Crippen LogP contribution in [0.2, 0.25) is 0 Å². The Morgan fingerprint density at radius 3 is 3.04 bits per heavy atom. The molecule has 0 saturated heterocycles. The third-order valence-electron chi connectivity index (χ3n) is 4.88. The third kappa shape index (κ3) is 1.76. The molecule has 2 N–H and O–H groups in total. The lowest BCUT2D eigenvalue weighted by atomic mass is 10.0. The van der Waals surface area contributed by atoms with E-state index in [9.17, 15) is 4.79 Å². The van der Waals surface area contributed by atoms with Crippen LogP contribution in [0.5, 0.6) is 0 Å². The van der Waals surface area contributed by atoms with E-state index in [1.165, 1.54) is 0 Å².